The number of aryl methyl sites for hydroxylation is 2. The largest absolute Gasteiger partial charge is 0.478 e. The van der Waals surface area contributed by atoms with Gasteiger partial charge in [0, 0.05) is 23.0 Å². The van der Waals surface area contributed by atoms with Crippen LogP contribution in [0.15, 0.2) is 247 Å². The predicted octanol–water partition coefficient (Wildman–Crippen LogP) is 17.4. The second-order valence-electron chi connectivity index (χ2n) is 19.4. The molecule has 452 valence electrons. The first-order valence-electron chi connectivity index (χ1n) is 28.1. The normalized spacial score (nSPS) is 11.3. The number of hydrazine groups is 2. The van der Waals surface area contributed by atoms with Crippen molar-refractivity contribution >= 4 is 126 Å². The Kier molecular flexibility index (Phi) is 29.5. The molecule has 1 saturated carbocycles. The molecule has 2 aliphatic rings. The molecule has 1 aliphatic carbocycles. The topological polar surface area (TPSA) is 207 Å². The first-order chi connectivity index (χ1) is 42.7. The fraction of sp³-hybridized carbons (Fsp3) is 0.130. The third kappa shape index (κ3) is 25.5. The van der Waals surface area contributed by atoms with Crippen molar-refractivity contribution in [2.75, 3.05) is 21.4 Å². The Hall–Kier alpha value is -9.05. The van der Waals surface area contributed by atoms with Gasteiger partial charge in [0.05, 0.1) is 43.4 Å². The van der Waals surface area contributed by atoms with Crippen molar-refractivity contribution in [1.82, 2.24) is 20.6 Å². The van der Waals surface area contributed by atoms with Gasteiger partial charge in [-0.15, -0.1) is 11.3 Å². The number of carboxylic acids is 2. The summed E-state index contributed by atoms with van der Waals surface area (Å²) in [5, 5.41) is 26.9. The van der Waals surface area contributed by atoms with Gasteiger partial charge in [0.2, 0.25) is 0 Å². The summed E-state index contributed by atoms with van der Waals surface area (Å²) >= 11 is 18.4. The molecule has 14 nitrogen and oxygen atoms in total. The van der Waals surface area contributed by atoms with Crippen LogP contribution in [0.2, 0.25) is 0 Å². The van der Waals surface area contributed by atoms with Gasteiger partial charge >= 0.3 is 11.9 Å². The maximum absolute atomic E-state index is 10.4. The number of carbonyl (C=O) groups is 2. The minimum Gasteiger partial charge on any atom is -0.478 e. The lowest BCUT2D eigenvalue weighted by atomic mass is 9.96. The molecule has 1 fully saturated rings. The monoisotopic (exact) mass is 1270 g/mol. The van der Waals surface area contributed by atoms with E-state index in [1.54, 1.807) is 65.7 Å². The van der Waals surface area contributed by atoms with Gasteiger partial charge in [-0.05, 0) is 155 Å². The number of hydrogen-bond donors (Lipinski definition) is 10. The number of benzene rings is 9. The molecular weight excluding hydrogens is 1200 g/mol. The van der Waals surface area contributed by atoms with Crippen LogP contribution in [0.3, 0.4) is 0 Å². The summed E-state index contributed by atoms with van der Waals surface area (Å²) in [5.74, 6) is 5.06. The van der Waals surface area contributed by atoms with Crippen molar-refractivity contribution in [2.45, 2.75) is 63.3 Å². The molecule has 0 saturated heterocycles. The van der Waals surface area contributed by atoms with E-state index < -0.39 is 11.9 Å². The highest BCUT2D eigenvalue weighted by Gasteiger charge is 2.15. The van der Waals surface area contributed by atoms with Gasteiger partial charge in [-0.25, -0.2) is 20.4 Å². The number of aromatic carboxylic acids is 2. The number of nitrogens with one attached hydrogen (secondary N) is 7. The van der Waals surface area contributed by atoms with Crippen molar-refractivity contribution in [3.8, 4) is 11.5 Å². The number of nitrogens with zero attached hydrogens (tertiary/aromatic N) is 1. The van der Waals surface area contributed by atoms with Gasteiger partial charge in [0.15, 0.2) is 21.0 Å². The minimum atomic E-state index is -0.875. The lowest BCUT2D eigenvalue weighted by Crippen LogP contribution is -2.42. The molecule has 0 atom stereocenters. The fourth-order valence-electron chi connectivity index (χ4n) is 8.03. The summed E-state index contributed by atoms with van der Waals surface area (Å²) < 4.78 is 11.7. The predicted molar refractivity (Wildman–Crippen MR) is 378 cm³/mol. The number of carboxylic acid groups (broad SMARTS) is 2. The molecule has 88 heavy (non-hydrogen) atoms. The van der Waals surface area contributed by atoms with Crippen molar-refractivity contribution < 1.29 is 24.5 Å². The molecule has 2 heterocycles. The highest BCUT2D eigenvalue weighted by Crippen LogP contribution is 2.41. The van der Waals surface area contributed by atoms with Crippen molar-refractivity contribution in [2.24, 2.45) is 5.84 Å². The van der Waals surface area contributed by atoms with Crippen LogP contribution in [0, 0.1) is 13.8 Å². The van der Waals surface area contributed by atoms with Gasteiger partial charge < -0.3 is 30.9 Å². The summed E-state index contributed by atoms with van der Waals surface area (Å²) in [4.78, 5) is 26.8. The second-order valence-corrected chi connectivity index (χ2v) is 22.9. The van der Waals surface area contributed by atoms with E-state index in [1.807, 2.05) is 203 Å². The van der Waals surface area contributed by atoms with E-state index in [2.05, 4.69) is 60.1 Å². The molecule has 11 N–H and O–H groups in total. The highest BCUT2D eigenvalue weighted by atomic mass is 32.2. The molecule has 10 aromatic rings. The fourth-order valence-corrected chi connectivity index (χ4v) is 10.4. The van der Waals surface area contributed by atoms with Crippen molar-refractivity contribution in [3.05, 3.63) is 270 Å². The second kappa shape index (κ2) is 38.2. The number of fused-ring (bicyclic) bond motifs is 3. The van der Waals surface area contributed by atoms with E-state index in [9.17, 15) is 9.59 Å². The van der Waals surface area contributed by atoms with Gasteiger partial charge in [-0.3, -0.25) is 21.0 Å². The molecule has 0 amide bonds. The Labute approximate surface area is 539 Å². The Morgan fingerprint density at radius 3 is 1.59 bits per heavy atom. The Morgan fingerprint density at radius 1 is 0.568 bits per heavy atom. The summed E-state index contributed by atoms with van der Waals surface area (Å²) in [6.45, 7) is 5.65. The van der Waals surface area contributed by atoms with E-state index in [0.717, 1.165) is 76.5 Å². The molecule has 19 heteroatoms. The zero-order valence-electron chi connectivity index (χ0n) is 48.9. The van der Waals surface area contributed by atoms with E-state index in [1.165, 1.54) is 36.8 Å². The number of anilines is 5. The maximum atomic E-state index is 10.4. The van der Waals surface area contributed by atoms with Crippen LogP contribution in [-0.4, -0.2) is 48.3 Å². The molecule has 1 aliphatic heterocycles. The zero-order valence-corrected chi connectivity index (χ0v) is 53.0. The zero-order chi connectivity index (χ0) is 62.7. The van der Waals surface area contributed by atoms with Crippen LogP contribution >= 0.6 is 59.9 Å². The van der Waals surface area contributed by atoms with Crippen LogP contribution in [0.1, 0.15) is 76.4 Å². The van der Waals surface area contributed by atoms with Gasteiger partial charge in [0.25, 0.3) is 0 Å². The van der Waals surface area contributed by atoms with Gasteiger partial charge in [-0.1, -0.05) is 200 Å². The van der Waals surface area contributed by atoms with Crippen LogP contribution in [-0.2, 0) is 0 Å². The SMILES string of the molecule is CC(=S)Nc1ccccc1.Cc1ccc(C(=O)O)cc1.Cc1cccc(C(=O)O)c1.NNC(=S)NNc1ccccc1.S=C(Nc1ccccc1)c1ccccc1.c1ccc2c(c1)Nc1ccccc1O2.c1ccc2sc(SNC3CCCCC3)nc2c1. The third-order valence-electron chi connectivity index (χ3n) is 12.4. The van der Waals surface area contributed by atoms with Crippen LogP contribution in [0.25, 0.3) is 10.2 Å². The van der Waals surface area contributed by atoms with Crippen molar-refractivity contribution in [3.63, 3.8) is 0 Å². The summed E-state index contributed by atoms with van der Waals surface area (Å²) in [6.07, 6.45) is 6.79. The number of thiazole rings is 1. The quantitative estimate of drug-likeness (QED) is 0.0267. The molecule has 9 aromatic carbocycles. The molecule has 0 unspecified atom stereocenters. The first-order valence-corrected chi connectivity index (χ1v) is 30.9. The van der Waals surface area contributed by atoms with E-state index >= 15 is 0 Å². The number of ether oxygens (including phenoxy) is 1. The standard InChI is InChI=1S/C13H16N2S2.C13H11NS.C12H9NO.C8H9NS.2C8H8O2.C7H10N4S/c1-2-6-10(7-3-1)15-17-13-14-11-8-4-5-9-12(11)16-13;15-13(11-7-3-1-4-8-11)14-12-9-5-2-6-10-12;1-3-7-11-9(5-1)13-10-6-2-4-8-12(10)14-11;1-7(10)9-8-5-3-2-4-6-8;1-6-2-4-7(5-3-6)8(9)10;1-6-3-2-4-7(5-6)8(9)10;8-9-7(12)11-10-6-4-2-1-3-5-6/h4-5,8-10,15H,1-3,6-7H2;1-10H,(H,14,15);1-8,13H;2-6H,1H3,(H,9,10);2*2-5H,1H3,(H,9,10);1-5,10H,8H2,(H2,9,11,12). The first kappa shape index (κ1) is 68.1. The number of hydrogen-bond acceptors (Lipinski definition) is 13. The summed E-state index contributed by atoms with van der Waals surface area (Å²) in [7, 11) is 0. The lowest BCUT2D eigenvalue weighted by Gasteiger charge is -2.21. The van der Waals surface area contributed by atoms with Crippen LogP contribution in [0.5, 0.6) is 11.5 Å². The average Bonchev–Trinajstić information content (AvgIpc) is 2.26. The summed E-state index contributed by atoms with van der Waals surface area (Å²) in [5.41, 5.74) is 17.8. The lowest BCUT2D eigenvalue weighted by molar-refractivity contribution is 0.0686. The van der Waals surface area contributed by atoms with E-state index in [-0.39, 0.29) is 0 Å². The van der Waals surface area contributed by atoms with Gasteiger partial charge in [0.1, 0.15) is 4.99 Å². The van der Waals surface area contributed by atoms with E-state index in [0.29, 0.717) is 22.3 Å². The number of rotatable bonds is 10. The third-order valence-corrected chi connectivity index (χ3v) is 15.1. The molecule has 0 spiro atoms. The minimum absolute atomic E-state index is 0.339. The van der Waals surface area contributed by atoms with Crippen LogP contribution in [0.4, 0.5) is 28.4 Å². The number of thiocarbonyl (C=S) groups is 3. The average molecular weight is 1270 g/mol. The Morgan fingerprint density at radius 2 is 1.07 bits per heavy atom. The Bertz CT molecular complexity index is 3610. The molecule has 0 radical (unpaired) electrons. The number of nitrogens with two attached hydrogens (primary N) is 1. The number of para-hydroxylation sites is 8. The molecule has 0 bridgehead atoms. The van der Waals surface area contributed by atoms with Crippen LogP contribution < -0.4 is 47.5 Å². The van der Waals surface area contributed by atoms with E-state index in [4.69, 9.17) is 57.4 Å². The maximum Gasteiger partial charge on any atom is 0.335 e. The smallest absolute Gasteiger partial charge is 0.335 e. The Balaban J connectivity index is 0.000000165. The molecular formula is C69H71N9O5S5. The van der Waals surface area contributed by atoms with Crippen molar-refractivity contribution in [1.29, 1.82) is 0 Å². The number of aromatic nitrogens is 1. The molecule has 1 aromatic heterocycles. The molecule has 12 rings (SSSR count). The summed E-state index contributed by atoms with van der Waals surface area (Å²) in [6, 6.07) is 77.8. The highest BCUT2D eigenvalue weighted by molar-refractivity contribution is 7.99. The van der Waals surface area contributed by atoms with Gasteiger partial charge in [-0.2, -0.15) is 0 Å².